The third kappa shape index (κ3) is 5.66. The first-order chi connectivity index (χ1) is 12.6. The van der Waals surface area contributed by atoms with E-state index in [2.05, 4.69) is 27.6 Å². The van der Waals surface area contributed by atoms with Crippen LogP contribution in [-0.2, 0) is 20.1 Å². The van der Waals surface area contributed by atoms with Gasteiger partial charge in [-0.25, -0.2) is 4.98 Å². The standard InChI is InChI=1S/C18H21ClN6S.HI/c1-12-17(13-4-6-14(19)7-5-13)24-16(26-12)11-22-18(20-2)21-10-15-8-9-23-25(15)3;/h4-9H,10-11H2,1-3H3,(H2,20,21,22);1H. The van der Waals surface area contributed by atoms with Crippen LogP contribution in [0, 0.1) is 6.92 Å². The number of benzene rings is 1. The Morgan fingerprint density at radius 2 is 1.89 bits per heavy atom. The summed E-state index contributed by atoms with van der Waals surface area (Å²) in [5.41, 5.74) is 3.16. The molecule has 0 saturated carbocycles. The smallest absolute Gasteiger partial charge is 0.191 e. The van der Waals surface area contributed by atoms with Crippen molar-refractivity contribution in [2.75, 3.05) is 7.05 Å². The number of aromatic nitrogens is 3. The van der Waals surface area contributed by atoms with E-state index in [-0.39, 0.29) is 24.0 Å². The van der Waals surface area contributed by atoms with E-state index < -0.39 is 0 Å². The predicted octanol–water partition coefficient (Wildman–Crippen LogP) is 3.99. The van der Waals surface area contributed by atoms with Gasteiger partial charge in [0.1, 0.15) is 5.01 Å². The van der Waals surface area contributed by atoms with Gasteiger partial charge in [-0.2, -0.15) is 5.10 Å². The maximum atomic E-state index is 5.97. The van der Waals surface area contributed by atoms with Gasteiger partial charge in [0.25, 0.3) is 0 Å². The monoisotopic (exact) mass is 516 g/mol. The van der Waals surface area contributed by atoms with Crippen molar-refractivity contribution < 1.29 is 0 Å². The summed E-state index contributed by atoms with van der Waals surface area (Å²) < 4.78 is 1.84. The van der Waals surface area contributed by atoms with Crippen LogP contribution in [0.2, 0.25) is 5.02 Å². The van der Waals surface area contributed by atoms with E-state index in [9.17, 15) is 0 Å². The highest BCUT2D eigenvalue weighted by atomic mass is 127. The fourth-order valence-corrected chi connectivity index (χ4v) is 3.55. The quantitative estimate of drug-likeness (QED) is 0.306. The SMILES string of the molecule is CN=C(NCc1nc(-c2ccc(Cl)cc2)c(C)s1)NCc1ccnn1C.I. The molecular formula is C18H22ClIN6S. The first kappa shape index (κ1) is 21.6. The number of aliphatic imine (C=N–C) groups is 1. The fourth-order valence-electron chi connectivity index (χ4n) is 2.53. The molecule has 0 aliphatic carbocycles. The molecule has 9 heteroatoms. The molecule has 0 saturated heterocycles. The van der Waals surface area contributed by atoms with Crippen LogP contribution in [-0.4, -0.2) is 27.8 Å². The van der Waals surface area contributed by atoms with E-state index in [1.54, 1.807) is 24.6 Å². The van der Waals surface area contributed by atoms with Crippen molar-refractivity contribution in [2.24, 2.45) is 12.0 Å². The number of nitrogens with one attached hydrogen (secondary N) is 2. The Hall–Kier alpha value is -1.65. The fraction of sp³-hybridized carbons (Fsp3) is 0.278. The highest BCUT2D eigenvalue weighted by Gasteiger charge is 2.10. The number of rotatable bonds is 5. The Morgan fingerprint density at radius 1 is 1.19 bits per heavy atom. The van der Waals surface area contributed by atoms with Crippen molar-refractivity contribution in [1.82, 2.24) is 25.4 Å². The number of halogens is 2. The largest absolute Gasteiger partial charge is 0.351 e. The van der Waals surface area contributed by atoms with Crippen LogP contribution in [0.3, 0.4) is 0 Å². The van der Waals surface area contributed by atoms with Crippen LogP contribution in [0.1, 0.15) is 15.6 Å². The van der Waals surface area contributed by atoms with E-state index in [1.807, 2.05) is 42.1 Å². The van der Waals surface area contributed by atoms with Gasteiger partial charge < -0.3 is 10.6 Å². The normalized spacial score (nSPS) is 11.2. The van der Waals surface area contributed by atoms with E-state index in [1.165, 1.54) is 4.88 Å². The van der Waals surface area contributed by atoms with Gasteiger partial charge in [-0.15, -0.1) is 35.3 Å². The molecule has 6 nitrogen and oxygen atoms in total. The zero-order valence-corrected chi connectivity index (χ0v) is 19.3. The minimum Gasteiger partial charge on any atom is -0.351 e. The van der Waals surface area contributed by atoms with E-state index >= 15 is 0 Å². The minimum absolute atomic E-state index is 0. The van der Waals surface area contributed by atoms with Gasteiger partial charge in [0.2, 0.25) is 0 Å². The van der Waals surface area contributed by atoms with Gasteiger partial charge in [0.05, 0.1) is 24.5 Å². The molecule has 3 aromatic rings. The summed E-state index contributed by atoms with van der Waals surface area (Å²) >= 11 is 7.65. The average Bonchev–Trinajstić information content (AvgIpc) is 3.21. The zero-order chi connectivity index (χ0) is 18.5. The summed E-state index contributed by atoms with van der Waals surface area (Å²) in [5, 5.41) is 12.5. The maximum Gasteiger partial charge on any atom is 0.191 e. The van der Waals surface area contributed by atoms with Gasteiger partial charge in [0.15, 0.2) is 5.96 Å². The van der Waals surface area contributed by atoms with E-state index in [0.717, 1.165) is 32.9 Å². The molecule has 0 fully saturated rings. The zero-order valence-electron chi connectivity index (χ0n) is 15.4. The van der Waals surface area contributed by atoms with Crippen molar-refractivity contribution in [3.05, 3.63) is 57.1 Å². The second-order valence-electron chi connectivity index (χ2n) is 5.74. The van der Waals surface area contributed by atoms with Crippen molar-refractivity contribution in [3.8, 4) is 11.3 Å². The molecule has 144 valence electrons. The lowest BCUT2D eigenvalue weighted by Crippen LogP contribution is -2.36. The molecule has 3 rings (SSSR count). The van der Waals surface area contributed by atoms with Crippen LogP contribution in [0.15, 0.2) is 41.5 Å². The van der Waals surface area contributed by atoms with Gasteiger partial charge >= 0.3 is 0 Å². The third-order valence-electron chi connectivity index (χ3n) is 3.95. The average molecular weight is 517 g/mol. The highest BCUT2D eigenvalue weighted by molar-refractivity contribution is 14.0. The number of thiazole rings is 1. The van der Waals surface area contributed by atoms with Crippen molar-refractivity contribution in [1.29, 1.82) is 0 Å². The van der Waals surface area contributed by atoms with Gasteiger partial charge in [-0.3, -0.25) is 9.67 Å². The van der Waals surface area contributed by atoms with Gasteiger partial charge in [-0.1, -0.05) is 23.7 Å². The molecule has 2 aromatic heterocycles. The van der Waals surface area contributed by atoms with Crippen LogP contribution in [0.4, 0.5) is 0 Å². The lowest BCUT2D eigenvalue weighted by molar-refractivity contribution is 0.684. The summed E-state index contributed by atoms with van der Waals surface area (Å²) in [6.45, 7) is 3.35. The first-order valence-electron chi connectivity index (χ1n) is 8.20. The molecule has 0 atom stereocenters. The molecule has 2 heterocycles. The van der Waals surface area contributed by atoms with Crippen LogP contribution in [0.5, 0.6) is 0 Å². The lowest BCUT2D eigenvalue weighted by Gasteiger charge is -2.10. The number of guanidine groups is 1. The minimum atomic E-state index is 0. The van der Waals surface area contributed by atoms with Crippen LogP contribution < -0.4 is 10.6 Å². The molecule has 27 heavy (non-hydrogen) atoms. The Labute approximate surface area is 185 Å². The Morgan fingerprint density at radius 3 is 2.52 bits per heavy atom. The van der Waals surface area contributed by atoms with E-state index in [4.69, 9.17) is 16.6 Å². The molecule has 0 aliphatic rings. The molecule has 0 aliphatic heterocycles. The summed E-state index contributed by atoms with van der Waals surface area (Å²) in [4.78, 5) is 10.2. The van der Waals surface area contributed by atoms with Crippen LogP contribution >= 0.6 is 46.9 Å². The predicted molar refractivity (Wildman–Crippen MR) is 123 cm³/mol. The number of hydrogen-bond acceptors (Lipinski definition) is 4. The van der Waals surface area contributed by atoms with E-state index in [0.29, 0.717) is 13.1 Å². The molecule has 0 unspecified atom stereocenters. The van der Waals surface area contributed by atoms with Gasteiger partial charge in [0, 0.05) is 35.8 Å². The third-order valence-corrected chi connectivity index (χ3v) is 5.17. The van der Waals surface area contributed by atoms with Gasteiger partial charge in [-0.05, 0) is 25.1 Å². The lowest BCUT2D eigenvalue weighted by atomic mass is 10.1. The summed E-state index contributed by atoms with van der Waals surface area (Å²) in [6.07, 6.45) is 1.78. The topological polar surface area (TPSA) is 67.1 Å². The molecule has 0 bridgehead atoms. The van der Waals surface area contributed by atoms with Crippen molar-refractivity contribution in [3.63, 3.8) is 0 Å². The summed E-state index contributed by atoms with van der Waals surface area (Å²) in [7, 11) is 3.68. The maximum absolute atomic E-state index is 5.97. The Bertz CT molecular complexity index is 903. The Kier molecular flexibility index (Phi) is 8.06. The second kappa shape index (κ2) is 10.0. The second-order valence-corrected chi connectivity index (χ2v) is 7.47. The molecule has 0 spiro atoms. The Balaban J connectivity index is 0.00000261. The molecular weight excluding hydrogens is 495 g/mol. The molecule has 1 aromatic carbocycles. The summed E-state index contributed by atoms with van der Waals surface area (Å²) in [6, 6.07) is 9.74. The molecule has 2 N–H and O–H groups in total. The molecule has 0 amide bonds. The highest BCUT2D eigenvalue weighted by Crippen LogP contribution is 2.28. The molecule has 0 radical (unpaired) electrons. The summed E-state index contributed by atoms with van der Waals surface area (Å²) in [5.74, 6) is 0.729. The number of nitrogens with zero attached hydrogens (tertiary/aromatic N) is 4. The van der Waals surface area contributed by atoms with Crippen molar-refractivity contribution >= 4 is 52.9 Å². The van der Waals surface area contributed by atoms with Crippen LogP contribution in [0.25, 0.3) is 11.3 Å². The number of hydrogen-bond donors (Lipinski definition) is 2. The number of aryl methyl sites for hydroxylation is 2. The van der Waals surface area contributed by atoms with Crippen molar-refractivity contribution in [2.45, 2.75) is 20.0 Å². The first-order valence-corrected chi connectivity index (χ1v) is 9.40.